The zero-order valence-corrected chi connectivity index (χ0v) is 9.60. The molecule has 1 aliphatic heterocycles. The Hall–Kier alpha value is -1.86. The zero-order valence-electron chi connectivity index (χ0n) is 9.60. The molecule has 0 spiro atoms. The first-order valence-corrected chi connectivity index (χ1v) is 5.77. The Morgan fingerprint density at radius 1 is 1.41 bits per heavy atom. The van der Waals surface area contributed by atoms with Gasteiger partial charge in [-0.3, -0.25) is 4.79 Å². The lowest BCUT2D eigenvalue weighted by Gasteiger charge is -2.32. The lowest BCUT2D eigenvalue weighted by molar-refractivity contribution is -0.123. The van der Waals surface area contributed by atoms with E-state index in [2.05, 4.69) is 11.4 Å². The molecule has 0 saturated carbocycles. The third-order valence-electron chi connectivity index (χ3n) is 2.91. The van der Waals surface area contributed by atoms with Gasteiger partial charge in [-0.15, -0.1) is 0 Å². The van der Waals surface area contributed by atoms with E-state index in [-0.39, 0.29) is 11.8 Å². The lowest BCUT2D eigenvalue weighted by atomic mass is 10.0. The van der Waals surface area contributed by atoms with E-state index in [0.717, 1.165) is 18.8 Å². The van der Waals surface area contributed by atoms with Gasteiger partial charge in [-0.2, -0.15) is 5.26 Å². The summed E-state index contributed by atoms with van der Waals surface area (Å²) >= 11 is 0. The third kappa shape index (κ3) is 2.63. The van der Waals surface area contributed by atoms with Crippen molar-refractivity contribution in [1.82, 2.24) is 5.32 Å². The minimum absolute atomic E-state index is 0.0638. The highest BCUT2D eigenvalue weighted by atomic mass is 16.2. The van der Waals surface area contributed by atoms with Crippen molar-refractivity contribution in [2.75, 3.05) is 24.5 Å². The van der Waals surface area contributed by atoms with E-state index in [4.69, 9.17) is 5.26 Å². The zero-order chi connectivity index (χ0) is 12.1. The molecular weight excluding hydrogens is 214 g/mol. The highest BCUT2D eigenvalue weighted by Gasteiger charge is 2.29. The maximum atomic E-state index is 12.2. The van der Waals surface area contributed by atoms with Crippen molar-refractivity contribution < 1.29 is 4.79 Å². The number of nitrogens with zero attached hydrogens (tertiary/aromatic N) is 2. The predicted octanol–water partition coefficient (Wildman–Crippen LogP) is 1.15. The van der Waals surface area contributed by atoms with Gasteiger partial charge in [0.05, 0.1) is 18.4 Å². The smallest absolute Gasteiger partial charge is 0.232 e. The summed E-state index contributed by atoms with van der Waals surface area (Å²) in [7, 11) is 0. The molecule has 1 aromatic rings. The van der Waals surface area contributed by atoms with Gasteiger partial charge in [-0.1, -0.05) is 18.2 Å². The summed E-state index contributed by atoms with van der Waals surface area (Å²) in [4.78, 5) is 13.9. The Morgan fingerprint density at radius 3 is 2.65 bits per heavy atom. The molecule has 17 heavy (non-hydrogen) atoms. The molecule has 1 amide bonds. The van der Waals surface area contributed by atoms with Gasteiger partial charge in [0.15, 0.2) is 0 Å². The Bertz CT molecular complexity index is 420. The number of rotatable bonds is 4. The van der Waals surface area contributed by atoms with E-state index >= 15 is 0 Å². The van der Waals surface area contributed by atoms with Crippen LogP contribution in [0.2, 0.25) is 0 Å². The first kappa shape index (κ1) is 11.6. The summed E-state index contributed by atoms with van der Waals surface area (Å²) < 4.78 is 0. The van der Waals surface area contributed by atoms with E-state index in [0.29, 0.717) is 13.0 Å². The van der Waals surface area contributed by atoms with Gasteiger partial charge in [0.1, 0.15) is 0 Å². The van der Waals surface area contributed by atoms with Crippen molar-refractivity contribution in [3.8, 4) is 6.07 Å². The molecule has 0 aliphatic carbocycles. The third-order valence-corrected chi connectivity index (χ3v) is 2.91. The van der Waals surface area contributed by atoms with Crippen LogP contribution in [0.15, 0.2) is 30.3 Å². The molecule has 4 nitrogen and oxygen atoms in total. The first-order valence-electron chi connectivity index (χ1n) is 5.77. The van der Waals surface area contributed by atoms with Crippen LogP contribution in [0.3, 0.4) is 0 Å². The van der Waals surface area contributed by atoms with Crippen molar-refractivity contribution in [1.29, 1.82) is 5.26 Å². The maximum absolute atomic E-state index is 12.2. The molecule has 1 aromatic carbocycles. The van der Waals surface area contributed by atoms with Gasteiger partial charge in [0, 0.05) is 25.3 Å². The molecule has 1 saturated heterocycles. The molecule has 1 N–H and O–H groups in total. The number of nitriles is 1. The average Bonchev–Trinajstić information content (AvgIpc) is 2.29. The van der Waals surface area contributed by atoms with Gasteiger partial charge in [-0.25, -0.2) is 0 Å². The van der Waals surface area contributed by atoms with Crippen LogP contribution in [-0.4, -0.2) is 25.5 Å². The molecule has 0 atom stereocenters. The Labute approximate surface area is 101 Å². The van der Waals surface area contributed by atoms with Crippen LogP contribution in [-0.2, 0) is 4.79 Å². The van der Waals surface area contributed by atoms with Crippen LogP contribution >= 0.6 is 0 Å². The summed E-state index contributed by atoms with van der Waals surface area (Å²) in [6.45, 7) is 1.96. The molecule has 4 heteroatoms. The Kier molecular flexibility index (Phi) is 3.73. The van der Waals surface area contributed by atoms with Crippen molar-refractivity contribution in [3.05, 3.63) is 30.3 Å². The van der Waals surface area contributed by atoms with E-state index in [1.54, 1.807) is 4.90 Å². The van der Waals surface area contributed by atoms with Crippen molar-refractivity contribution >= 4 is 11.6 Å². The van der Waals surface area contributed by atoms with Gasteiger partial charge < -0.3 is 10.2 Å². The number of anilines is 1. The number of para-hydroxylation sites is 1. The molecule has 88 valence electrons. The first-order chi connectivity index (χ1) is 8.33. The van der Waals surface area contributed by atoms with E-state index < -0.39 is 0 Å². The number of carbonyl (C=O) groups is 1. The average molecular weight is 229 g/mol. The maximum Gasteiger partial charge on any atom is 0.232 e. The molecule has 0 bridgehead atoms. The second kappa shape index (κ2) is 5.46. The number of carbonyl (C=O) groups excluding carboxylic acids is 1. The quantitative estimate of drug-likeness (QED) is 0.842. The Morgan fingerprint density at radius 2 is 2.12 bits per heavy atom. The standard InChI is InChI=1S/C13H15N3O/c14-7-4-8-16(12-5-2-1-3-6-12)13(17)11-9-15-10-11/h1-3,5-6,11,15H,4,8-10H2. The molecule has 0 unspecified atom stereocenters. The normalized spacial score (nSPS) is 14.8. The molecule has 0 radical (unpaired) electrons. The highest BCUT2D eigenvalue weighted by molar-refractivity contribution is 5.95. The van der Waals surface area contributed by atoms with Crippen LogP contribution in [0, 0.1) is 17.2 Å². The van der Waals surface area contributed by atoms with Gasteiger partial charge in [0.2, 0.25) is 5.91 Å². The fourth-order valence-corrected chi connectivity index (χ4v) is 1.82. The van der Waals surface area contributed by atoms with Gasteiger partial charge in [-0.05, 0) is 12.1 Å². The van der Waals surface area contributed by atoms with Gasteiger partial charge >= 0.3 is 0 Å². The monoisotopic (exact) mass is 229 g/mol. The Balaban J connectivity index is 2.13. The van der Waals surface area contributed by atoms with E-state index in [1.165, 1.54) is 0 Å². The number of hydrogen-bond acceptors (Lipinski definition) is 3. The SMILES string of the molecule is N#CCCN(C(=O)C1CNC1)c1ccccc1. The summed E-state index contributed by atoms with van der Waals surface area (Å²) in [6, 6.07) is 11.6. The molecule has 0 aromatic heterocycles. The van der Waals surface area contributed by atoms with Crippen LogP contribution in [0.1, 0.15) is 6.42 Å². The fraction of sp³-hybridized carbons (Fsp3) is 0.385. The fourth-order valence-electron chi connectivity index (χ4n) is 1.82. The van der Waals surface area contributed by atoms with Crippen LogP contribution in [0.4, 0.5) is 5.69 Å². The van der Waals surface area contributed by atoms with Crippen LogP contribution in [0.5, 0.6) is 0 Å². The molecular formula is C13H15N3O. The van der Waals surface area contributed by atoms with Crippen molar-refractivity contribution in [2.24, 2.45) is 5.92 Å². The van der Waals surface area contributed by atoms with Crippen LogP contribution in [0.25, 0.3) is 0 Å². The van der Waals surface area contributed by atoms with E-state index in [1.807, 2.05) is 30.3 Å². The second-order valence-corrected chi connectivity index (χ2v) is 4.09. The predicted molar refractivity (Wildman–Crippen MR) is 65.4 cm³/mol. The van der Waals surface area contributed by atoms with Crippen LogP contribution < -0.4 is 10.2 Å². The summed E-state index contributed by atoms with van der Waals surface area (Å²) in [6.07, 6.45) is 0.362. The van der Waals surface area contributed by atoms with E-state index in [9.17, 15) is 4.79 Å². The minimum atomic E-state index is 0.0638. The number of amides is 1. The largest absolute Gasteiger partial charge is 0.315 e. The molecule has 2 rings (SSSR count). The number of benzene rings is 1. The highest BCUT2D eigenvalue weighted by Crippen LogP contribution is 2.18. The minimum Gasteiger partial charge on any atom is -0.315 e. The lowest BCUT2D eigenvalue weighted by Crippen LogP contribution is -2.52. The topological polar surface area (TPSA) is 56.1 Å². The summed E-state index contributed by atoms with van der Waals surface area (Å²) in [5.74, 6) is 0.180. The van der Waals surface area contributed by atoms with Gasteiger partial charge in [0.25, 0.3) is 0 Å². The van der Waals surface area contributed by atoms with Crippen molar-refractivity contribution in [3.63, 3.8) is 0 Å². The number of hydrogen-bond donors (Lipinski definition) is 1. The van der Waals surface area contributed by atoms with Crippen molar-refractivity contribution in [2.45, 2.75) is 6.42 Å². The molecule has 1 fully saturated rings. The number of nitrogens with one attached hydrogen (secondary N) is 1. The summed E-state index contributed by atoms with van der Waals surface area (Å²) in [5.41, 5.74) is 0.875. The summed E-state index contributed by atoms with van der Waals surface area (Å²) in [5, 5.41) is 11.7. The molecule has 1 aliphatic rings. The molecule has 1 heterocycles. The second-order valence-electron chi connectivity index (χ2n) is 4.09.